The number of rotatable bonds is 3. The highest BCUT2D eigenvalue weighted by molar-refractivity contribution is 5.87. The van der Waals surface area contributed by atoms with Gasteiger partial charge in [-0.25, -0.2) is 4.98 Å². The fourth-order valence-corrected chi connectivity index (χ4v) is 2.83. The van der Waals surface area contributed by atoms with Crippen molar-refractivity contribution in [2.45, 2.75) is 13.8 Å². The van der Waals surface area contributed by atoms with E-state index in [-0.39, 0.29) is 5.75 Å². The van der Waals surface area contributed by atoms with Gasteiger partial charge >= 0.3 is 0 Å². The summed E-state index contributed by atoms with van der Waals surface area (Å²) in [6.45, 7) is 3.90. The number of hydrogen-bond donors (Lipinski definition) is 1. The Morgan fingerprint density at radius 3 is 2.69 bits per heavy atom. The number of phenols is 1. The number of fused-ring (bicyclic) bond motifs is 1. The van der Waals surface area contributed by atoms with Gasteiger partial charge in [0.2, 0.25) is 5.89 Å². The van der Waals surface area contributed by atoms with E-state index in [1.165, 1.54) is 0 Å². The summed E-state index contributed by atoms with van der Waals surface area (Å²) in [5.74, 6) is 0.849. The quantitative estimate of drug-likeness (QED) is 0.495. The third-order valence-corrected chi connectivity index (χ3v) is 4.26. The van der Waals surface area contributed by atoms with Crippen LogP contribution in [0.5, 0.6) is 5.75 Å². The molecule has 0 aliphatic rings. The van der Waals surface area contributed by atoms with Crippen molar-refractivity contribution in [2.24, 2.45) is 4.99 Å². The molecule has 1 N–H and O–H groups in total. The van der Waals surface area contributed by atoms with Crippen LogP contribution in [0.1, 0.15) is 16.7 Å². The van der Waals surface area contributed by atoms with E-state index >= 15 is 0 Å². The number of aromatic nitrogens is 1. The van der Waals surface area contributed by atoms with Gasteiger partial charge in [-0.1, -0.05) is 29.8 Å². The normalized spacial score (nSPS) is 11.5. The molecule has 4 rings (SSSR count). The number of para-hydroxylation sites is 1. The Balaban J connectivity index is 1.67. The van der Waals surface area contributed by atoms with E-state index in [1.54, 1.807) is 6.21 Å². The first-order valence-corrected chi connectivity index (χ1v) is 8.40. The molecule has 0 bridgehead atoms. The van der Waals surface area contributed by atoms with Crippen molar-refractivity contribution in [3.8, 4) is 17.2 Å². The molecule has 1 aromatic heterocycles. The number of aromatic hydroxyl groups is 1. The monoisotopic (exact) mass is 342 g/mol. The molecule has 0 saturated carbocycles. The SMILES string of the molecule is Cc1cccc(-c2nc3cc(N=Cc4cccc(C)c4O)ccc3o2)c1. The smallest absolute Gasteiger partial charge is 0.227 e. The third-order valence-electron chi connectivity index (χ3n) is 4.26. The molecule has 4 nitrogen and oxygen atoms in total. The molecule has 4 aromatic rings. The second-order valence-corrected chi connectivity index (χ2v) is 6.31. The topological polar surface area (TPSA) is 58.6 Å². The second-order valence-electron chi connectivity index (χ2n) is 6.31. The summed E-state index contributed by atoms with van der Waals surface area (Å²) in [6.07, 6.45) is 1.66. The zero-order valence-corrected chi connectivity index (χ0v) is 14.6. The van der Waals surface area contributed by atoms with Crippen LogP contribution in [-0.4, -0.2) is 16.3 Å². The van der Waals surface area contributed by atoms with Crippen LogP contribution < -0.4 is 0 Å². The molecule has 0 atom stereocenters. The summed E-state index contributed by atoms with van der Waals surface area (Å²) in [4.78, 5) is 9.04. The van der Waals surface area contributed by atoms with E-state index in [9.17, 15) is 5.11 Å². The summed E-state index contributed by atoms with van der Waals surface area (Å²) in [5.41, 5.74) is 5.85. The summed E-state index contributed by atoms with van der Waals surface area (Å²) in [5, 5.41) is 10.1. The molecule has 128 valence electrons. The Kier molecular flexibility index (Phi) is 4.01. The average Bonchev–Trinajstić information content (AvgIpc) is 3.06. The highest BCUT2D eigenvalue weighted by atomic mass is 16.3. The van der Waals surface area contributed by atoms with Crippen LogP contribution in [0.25, 0.3) is 22.6 Å². The molecule has 0 aliphatic carbocycles. The molecular weight excluding hydrogens is 324 g/mol. The average molecular weight is 342 g/mol. The Bertz CT molecular complexity index is 1130. The minimum Gasteiger partial charge on any atom is -0.507 e. The van der Waals surface area contributed by atoms with Crippen molar-refractivity contribution in [3.05, 3.63) is 77.4 Å². The van der Waals surface area contributed by atoms with E-state index in [0.29, 0.717) is 11.5 Å². The van der Waals surface area contributed by atoms with Gasteiger partial charge in [-0.05, 0) is 55.8 Å². The van der Waals surface area contributed by atoms with Crippen molar-refractivity contribution in [3.63, 3.8) is 0 Å². The lowest BCUT2D eigenvalue weighted by atomic mass is 10.1. The lowest BCUT2D eigenvalue weighted by Crippen LogP contribution is -1.84. The lowest BCUT2D eigenvalue weighted by molar-refractivity contribution is 0.470. The molecule has 0 fully saturated rings. The highest BCUT2D eigenvalue weighted by Crippen LogP contribution is 2.28. The van der Waals surface area contributed by atoms with Crippen molar-refractivity contribution < 1.29 is 9.52 Å². The molecule has 4 heteroatoms. The Labute approximate surface area is 151 Å². The molecule has 1 heterocycles. The zero-order valence-electron chi connectivity index (χ0n) is 14.6. The summed E-state index contributed by atoms with van der Waals surface area (Å²) < 4.78 is 5.86. The minimum atomic E-state index is 0.250. The second kappa shape index (κ2) is 6.48. The van der Waals surface area contributed by atoms with E-state index in [0.717, 1.165) is 33.5 Å². The summed E-state index contributed by atoms with van der Waals surface area (Å²) in [7, 11) is 0. The Morgan fingerprint density at radius 1 is 1.00 bits per heavy atom. The van der Waals surface area contributed by atoms with Crippen molar-refractivity contribution in [2.75, 3.05) is 0 Å². The largest absolute Gasteiger partial charge is 0.507 e. The molecule has 0 amide bonds. The third kappa shape index (κ3) is 3.09. The maximum atomic E-state index is 10.1. The van der Waals surface area contributed by atoms with Gasteiger partial charge in [0.15, 0.2) is 5.58 Å². The number of oxazole rings is 1. The van der Waals surface area contributed by atoms with E-state index in [1.807, 2.05) is 74.5 Å². The first-order chi connectivity index (χ1) is 12.6. The van der Waals surface area contributed by atoms with E-state index in [2.05, 4.69) is 9.98 Å². The molecule has 0 aliphatic heterocycles. The van der Waals surface area contributed by atoms with Gasteiger partial charge in [-0.15, -0.1) is 0 Å². The molecule has 0 radical (unpaired) electrons. The van der Waals surface area contributed by atoms with Crippen molar-refractivity contribution in [1.29, 1.82) is 0 Å². The summed E-state index contributed by atoms with van der Waals surface area (Å²) >= 11 is 0. The zero-order chi connectivity index (χ0) is 18.1. The lowest BCUT2D eigenvalue weighted by Gasteiger charge is -2.01. The Hall–Kier alpha value is -3.40. The first kappa shape index (κ1) is 16.1. The van der Waals surface area contributed by atoms with Gasteiger partial charge in [0.25, 0.3) is 0 Å². The number of aryl methyl sites for hydroxylation is 2. The van der Waals surface area contributed by atoms with Gasteiger partial charge < -0.3 is 9.52 Å². The maximum Gasteiger partial charge on any atom is 0.227 e. The van der Waals surface area contributed by atoms with Gasteiger partial charge in [0.1, 0.15) is 11.3 Å². The number of nitrogens with zero attached hydrogens (tertiary/aromatic N) is 2. The predicted octanol–water partition coefficient (Wildman–Crippen LogP) is 5.57. The van der Waals surface area contributed by atoms with Crippen LogP contribution in [0, 0.1) is 13.8 Å². The minimum absolute atomic E-state index is 0.250. The number of hydrogen-bond acceptors (Lipinski definition) is 4. The van der Waals surface area contributed by atoms with Gasteiger partial charge in [0, 0.05) is 17.3 Å². The van der Waals surface area contributed by atoms with Crippen LogP contribution in [0.15, 0.2) is 70.1 Å². The number of phenolic OH excluding ortho intramolecular Hbond substituents is 1. The highest BCUT2D eigenvalue weighted by Gasteiger charge is 2.09. The van der Waals surface area contributed by atoms with E-state index < -0.39 is 0 Å². The first-order valence-electron chi connectivity index (χ1n) is 8.40. The molecular formula is C22H18N2O2. The summed E-state index contributed by atoms with van der Waals surface area (Å²) in [6, 6.07) is 19.3. The number of aliphatic imine (C=N–C) groups is 1. The van der Waals surface area contributed by atoms with Crippen molar-refractivity contribution in [1.82, 2.24) is 4.98 Å². The fourth-order valence-electron chi connectivity index (χ4n) is 2.83. The standard InChI is InChI=1S/C22H18N2O2/c1-14-5-3-7-16(11-14)22-24-19-12-18(9-10-20(19)26-22)23-13-17-8-4-6-15(2)21(17)25/h3-13,25H,1-2H3. The predicted molar refractivity (Wildman–Crippen MR) is 104 cm³/mol. The maximum absolute atomic E-state index is 10.1. The van der Waals surface area contributed by atoms with Crippen LogP contribution in [0.4, 0.5) is 5.69 Å². The molecule has 0 unspecified atom stereocenters. The van der Waals surface area contributed by atoms with Gasteiger partial charge in [0.05, 0.1) is 5.69 Å². The number of benzene rings is 3. The fraction of sp³-hybridized carbons (Fsp3) is 0.0909. The molecule has 3 aromatic carbocycles. The van der Waals surface area contributed by atoms with Gasteiger partial charge in [-0.2, -0.15) is 0 Å². The Morgan fingerprint density at radius 2 is 1.85 bits per heavy atom. The molecule has 0 spiro atoms. The van der Waals surface area contributed by atoms with Crippen LogP contribution in [0.3, 0.4) is 0 Å². The molecule has 0 saturated heterocycles. The van der Waals surface area contributed by atoms with Crippen LogP contribution in [-0.2, 0) is 0 Å². The van der Waals surface area contributed by atoms with E-state index in [4.69, 9.17) is 4.42 Å². The van der Waals surface area contributed by atoms with Crippen molar-refractivity contribution >= 4 is 23.0 Å². The van der Waals surface area contributed by atoms with Crippen LogP contribution >= 0.6 is 0 Å². The molecule has 26 heavy (non-hydrogen) atoms. The van der Waals surface area contributed by atoms with Gasteiger partial charge in [-0.3, -0.25) is 4.99 Å². The van der Waals surface area contributed by atoms with Crippen LogP contribution in [0.2, 0.25) is 0 Å².